The number of aromatic nitrogens is 1. The minimum atomic E-state index is 0.551. The van der Waals surface area contributed by atoms with Crippen molar-refractivity contribution >= 4 is 10.9 Å². The number of methoxy groups -OCH3 is 1. The molecule has 4 rings (SSSR count). The summed E-state index contributed by atoms with van der Waals surface area (Å²) in [5.74, 6) is 0.954. The third-order valence-corrected chi connectivity index (χ3v) is 5.73. The highest BCUT2D eigenvalue weighted by molar-refractivity contribution is 5.87. The Hall–Kier alpha value is -1.52. The molecular weight excluding hydrogens is 298 g/mol. The van der Waals surface area contributed by atoms with Gasteiger partial charge in [0.15, 0.2) is 0 Å². The molecule has 1 saturated heterocycles. The summed E-state index contributed by atoms with van der Waals surface area (Å²) in [7, 11) is 1.75. The highest BCUT2D eigenvalue weighted by atomic mass is 16.5. The topological polar surface area (TPSA) is 38.2 Å². The maximum Gasteiger partial charge on any atom is 0.119 e. The van der Waals surface area contributed by atoms with Gasteiger partial charge in [-0.05, 0) is 56.5 Å². The van der Waals surface area contributed by atoms with Crippen molar-refractivity contribution in [3.8, 4) is 5.75 Å². The fourth-order valence-corrected chi connectivity index (χ4v) is 4.36. The number of piperidine rings is 1. The molecule has 0 spiro atoms. The van der Waals surface area contributed by atoms with E-state index < -0.39 is 0 Å². The summed E-state index contributed by atoms with van der Waals surface area (Å²) < 4.78 is 8.04. The second-order valence-electron chi connectivity index (χ2n) is 7.38. The maximum absolute atomic E-state index is 5.46. The summed E-state index contributed by atoms with van der Waals surface area (Å²) in [5, 5.41) is 8.67. The van der Waals surface area contributed by atoms with Gasteiger partial charge in [-0.15, -0.1) is 0 Å². The van der Waals surface area contributed by atoms with Gasteiger partial charge in [-0.1, -0.05) is 6.42 Å². The lowest BCUT2D eigenvalue weighted by atomic mass is 10.0. The van der Waals surface area contributed by atoms with Crippen LogP contribution in [-0.4, -0.2) is 30.3 Å². The van der Waals surface area contributed by atoms with Crippen LogP contribution in [0.1, 0.15) is 43.9 Å². The monoisotopic (exact) mass is 327 g/mol. The molecule has 3 heterocycles. The molecule has 1 fully saturated rings. The zero-order valence-corrected chi connectivity index (χ0v) is 14.9. The zero-order chi connectivity index (χ0) is 16.5. The van der Waals surface area contributed by atoms with Crippen molar-refractivity contribution in [3.63, 3.8) is 0 Å². The Morgan fingerprint density at radius 2 is 2.17 bits per heavy atom. The molecule has 0 bridgehead atoms. The van der Waals surface area contributed by atoms with E-state index in [1.807, 2.05) is 0 Å². The summed E-state index contributed by atoms with van der Waals surface area (Å²) in [5.41, 5.74) is 4.37. The quantitative estimate of drug-likeness (QED) is 0.905. The van der Waals surface area contributed by atoms with Crippen LogP contribution in [0.15, 0.2) is 18.2 Å². The number of hydrogen-bond acceptors (Lipinski definition) is 3. The van der Waals surface area contributed by atoms with Crippen LogP contribution in [0.2, 0.25) is 0 Å². The second-order valence-corrected chi connectivity index (χ2v) is 7.38. The zero-order valence-electron chi connectivity index (χ0n) is 14.9. The molecule has 2 unspecified atom stereocenters. The van der Waals surface area contributed by atoms with E-state index in [1.165, 1.54) is 54.4 Å². The van der Waals surface area contributed by atoms with E-state index in [9.17, 15) is 0 Å². The lowest BCUT2D eigenvalue weighted by Crippen LogP contribution is -2.36. The Balaban J connectivity index is 1.68. The van der Waals surface area contributed by atoms with Gasteiger partial charge >= 0.3 is 0 Å². The molecule has 0 radical (unpaired) electrons. The van der Waals surface area contributed by atoms with Crippen LogP contribution in [-0.2, 0) is 19.5 Å². The number of fused-ring (bicyclic) bond motifs is 3. The third kappa shape index (κ3) is 2.93. The molecular formula is C20H29N3O. The van der Waals surface area contributed by atoms with Crippen LogP contribution >= 0.6 is 0 Å². The Bertz CT molecular complexity index is 715. The van der Waals surface area contributed by atoms with Gasteiger partial charge in [-0.2, -0.15) is 0 Å². The number of aryl methyl sites for hydroxylation is 1. The van der Waals surface area contributed by atoms with Gasteiger partial charge in [0.1, 0.15) is 5.75 Å². The van der Waals surface area contributed by atoms with Crippen molar-refractivity contribution in [1.29, 1.82) is 0 Å². The van der Waals surface area contributed by atoms with Gasteiger partial charge in [0.05, 0.1) is 7.11 Å². The first kappa shape index (κ1) is 16.0. The number of benzene rings is 1. The first-order chi connectivity index (χ1) is 11.8. The van der Waals surface area contributed by atoms with Crippen molar-refractivity contribution in [2.45, 2.75) is 64.2 Å². The van der Waals surface area contributed by atoms with E-state index in [4.69, 9.17) is 4.74 Å². The van der Waals surface area contributed by atoms with E-state index in [0.29, 0.717) is 12.1 Å². The minimum absolute atomic E-state index is 0.551. The van der Waals surface area contributed by atoms with Crippen LogP contribution in [0.5, 0.6) is 5.75 Å². The number of ether oxygens (including phenoxy) is 1. The number of nitrogens with zero attached hydrogens (tertiary/aromatic N) is 1. The Labute approximate surface area is 144 Å². The number of hydrogen-bond donors (Lipinski definition) is 2. The second kappa shape index (κ2) is 6.77. The molecule has 4 nitrogen and oxygen atoms in total. The molecule has 2 aromatic rings. The summed E-state index contributed by atoms with van der Waals surface area (Å²) in [6, 6.07) is 7.78. The molecule has 1 aromatic heterocycles. The van der Waals surface area contributed by atoms with Crippen LogP contribution in [0.4, 0.5) is 0 Å². The number of rotatable bonds is 4. The Kier molecular flexibility index (Phi) is 4.51. The van der Waals surface area contributed by atoms with Gasteiger partial charge in [-0.3, -0.25) is 0 Å². The molecule has 130 valence electrons. The molecule has 2 aliphatic heterocycles. The smallest absolute Gasteiger partial charge is 0.119 e. The summed E-state index contributed by atoms with van der Waals surface area (Å²) in [6.07, 6.45) is 6.38. The fourth-order valence-electron chi connectivity index (χ4n) is 4.36. The van der Waals surface area contributed by atoms with Crippen LogP contribution in [0, 0.1) is 0 Å². The molecule has 2 N–H and O–H groups in total. The molecule has 0 aliphatic carbocycles. The summed E-state index contributed by atoms with van der Waals surface area (Å²) >= 11 is 0. The molecule has 2 atom stereocenters. The van der Waals surface area contributed by atoms with E-state index in [1.54, 1.807) is 7.11 Å². The van der Waals surface area contributed by atoms with E-state index in [-0.39, 0.29) is 0 Å². The average molecular weight is 327 g/mol. The minimum Gasteiger partial charge on any atom is -0.497 e. The highest BCUT2D eigenvalue weighted by Gasteiger charge is 2.24. The number of nitrogens with one attached hydrogen (secondary N) is 2. The molecule has 2 aliphatic rings. The van der Waals surface area contributed by atoms with E-state index in [2.05, 4.69) is 40.3 Å². The SMILES string of the molecule is COc1ccc2c(c1)c1c(n2CCC2CCCCN2)CC(C)NC1. The predicted octanol–water partition coefficient (Wildman–Crippen LogP) is 3.22. The standard InChI is InChI=1S/C20H29N3O/c1-14-11-20-18(13-22-14)17-12-16(24-2)6-7-19(17)23(20)10-8-15-5-3-4-9-21-15/h6-7,12,14-15,21-22H,3-5,8-11,13H2,1-2H3. The van der Waals surface area contributed by atoms with Crippen LogP contribution < -0.4 is 15.4 Å². The Morgan fingerprint density at radius 3 is 2.96 bits per heavy atom. The van der Waals surface area contributed by atoms with E-state index >= 15 is 0 Å². The molecule has 24 heavy (non-hydrogen) atoms. The summed E-state index contributed by atoms with van der Waals surface area (Å²) in [6.45, 7) is 5.55. The van der Waals surface area contributed by atoms with Gasteiger partial charge < -0.3 is 19.9 Å². The van der Waals surface area contributed by atoms with Crippen molar-refractivity contribution in [2.24, 2.45) is 0 Å². The summed E-state index contributed by atoms with van der Waals surface area (Å²) in [4.78, 5) is 0. The predicted molar refractivity (Wildman–Crippen MR) is 98.8 cm³/mol. The molecule has 1 aromatic carbocycles. The van der Waals surface area contributed by atoms with Crippen molar-refractivity contribution in [3.05, 3.63) is 29.5 Å². The van der Waals surface area contributed by atoms with Crippen LogP contribution in [0.25, 0.3) is 10.9 Å². The fraction of sp³-hybridized carbons (Fsp3) is 0.600. The third-order valence-electron chi connectivity index (χ3n) is 5.73. The first-order valence-corrected chi connectivity index (χ1v) is 9.41. The van der Waals surface area contributed by atoms with Gasteiger partial charge in [-0.25, -0.2) is 0 Å². The van der Waals surface area contributed by atoms with Crippen molar-refractivity contribution in [2.75, 3.05) is 13.7 Å². The molecule has 0 saturated carbocycles. The lowest BCUT2D eigenvalue weighted by Gasteiger charge is -2.26. The molecule has 4 heteroatoms. The van der Waals surface area contributed by atoms with Gasteiger partial charge in [0.25, 0.3) is 0 Å². The van der Waals surface area contributed by atoms with Crippen molar-refractivity contribution in [1.82, 2.24) is 15.2 Å². The molecule has 0 amide bonds. The van der Waals surface area contributed by atoms with Gasteiger partial charge in [0.2, 0.25) is 0 Å². The first-order valence-electron chi connectivity index (χ1n) is 9.41. The highest BCUT2D eigenvalue weighted by Crippen LogP contribution is 2.33. The normalized spacial score (nSPS) is 24.1. The Morgan fingerprint density at radius 1 is 1.25 bits per heavy atom. The largest absolute Gasteiger partial charge is 0.497 e. The van der Waals surface area contributed by atoms with Crippen LogP contribution in [0.3, 0.4) is 0 Å². The van der Waals surface area contributed by atoms with Gasteiger partial charge in [0, 0.05) is 48.2 Å². The van der Waals surface area contributed by atoms with Crippen molar-refractivity contribution < 1.29 is 4.74 Å². The van der Waals surface area contributed by atoms with E-state index in [0.717, 1.165) is 25.3 Å². The average Bonchev–Trinajstić information content (AvgIpc) is 2.92. The lowest BCUT2D eigenvalue weighted by molar-refractivity contribution is 0.365. The maximum atomic E-state index is 5.46.